The Morgan fingerprint density at radius 2 is 1.75 bits per heavy atom. The fraction of sp³-hybridized carbons (Fsp3) is 0.111. The predicted molar refractivity (Wildman–Crippen MR) is 97.3 cm³/mol. The molecule has 0 saturated carbocycles. The fourth-order valence-electron chi connectivity index (χ4n) is 1.98. The van der Waals surface area contributed by atoms with Crippen LogP contribution < -0.4 is 10.6 Å². The Morgan fingerprint density at radius 1 is 1.00 bits per heavy atom. The molecule has 0 unspecified atom stereocenters. The summed E-state index contributed by atoms with van der Waals surface area (Å²) in [7, 11) is 0. The third-order valence-corrected chi connectivity index (χ3v) is 3.86. The largest absolute Gasteiger partial charge is 0.348 e. The normalized spacial score (nSPS) is 10.6. The summed E-state index contributed by atoms with van der Waals surface area (Å²) in [5, 5.41) is 6.06. The summed E-state index contributed by atoms with van der Waals surface area (Å²) in [5.41, 5.74) is 2.62. The van der Waals surface area contributed by atoms with E-state index in [1.54, 1.807) is 12.1 Å². The highest BCUT2D eigenvalue weighted by atomic mass is 35.5. The van der Waals surface area contributed by atoms with Crippen LogP contribution >= 0.6 is 23.2 Å². The molecule has 0 fully saturated rings. The van der Waals surface area contributed by atoms with Crippen molar-refractivity contribution in [2.45, 2.75) is 13.5 Å². The van der Waals surface area contributed by atoms with E-state index in [9.17, 15) is 9.59 Å². The van der Waals surface area contributed by atoms with Gasteiger partial charge in [0.15, 0.2) is 0 Å². The van der Waals surface area contributed by atoms with Crippen molar-refractivity contribution in [3.05, 3.63) is 75.8 Å². The first-order valence-corrected chi connectivity index (χ1v) is 7.97. The number of benzene rings is 2. The van der Waals surface area contributed by atoms with Crippen LogP contribution in [0.1, 0.15) is 11.1 Å². The number of aryl methyl sites for hydroxylation is 1. The summed E-state index contributed by atoms with van der Waals surface area (Å²) in [6, 6.07) is 12.6. The van der Waals surface area contributed by atoms with E-state index in [1.807, 2.05) is 31.2 Å². The molecule has 0 aliphatic carbocycles. The van der Waals surface area contributed by atoms with E-state index in [0.29, 0.717) is 22.3 Å². The van der Waals surface area contributed by atoms with Gasteiger partial charge in [0.05, 0.1) is 10.0 Å². The van der Waals surface area contributed by atoms with Gasteiger partial charge in [0.25, 0.3) is 0 Å². The van der Waals surface area contributed by atoms with E-state index >= 15 is 0 Å². The molecule has 0 aliphatic heterocycles. The lowest BCUT2D eigenvalue weighted by Crippen LogP contribution is -2.21. The predicted octanol–water partition coefficient (Wildman–Crippen LogP) is 4.11. The van der Waals surface area contributed by atoms with E-state index in [1.165, 1.54) is 12.1 Å². The number of carbonyl (C=O) groups is 2. The van der Waals surface area contributed by atoms with Gasteiger partial charge in [0, 0.05) is 24.4 Å². The van der Waals surface area contributed by atoms with Crippen molar-refractivity contribution in [2.75, 3.05) is 5.32 Å². The van der Waals surface area contributed by atoms with Crippen molar-refractivity contribution < 1.29 is 9.59 Å². The van der Waals surface area contributed by atoms with E-state index < -0.39 is 5.91 Å². The first-order chi connectivity index (χ1) is 11.4. The topological polar surface area (TPSA) is 58.2 Å². The van der Waals surface area contributed by atoms with E-state index in [4.69, 9.17) is 23.2 Å². The van der Waals surface area contributed by atoms with Crippen LogP contribution in [0.3, 0.4) is 0 Å². The maximum Gasteiger partial charge on any atom is 0.248 e. The zero-order valence-corrected chi connectivity index (χ0v) is 14.5. The van der Waals surface area contributed by atoms with Crippen LogP contribution in [0.5, 0.6) is 0 Å². The lowest BCUT2D eigenvalue weighted by molar-refractivity contribution is -0.117. The molecule has 24 heavy (non-hydrogen) atoms. The van der Waals surface area contributed by atoms with Crippen molar-refractivity contribution in [1.29, 1.82) is 0 Å². The van der Waals surface area contributed by atoms with Crippen molar-refractivity contribution in [1.82, 2.24) is 5.32 Å². The van der Waals surface area contributed by atoms with Crippen molar-refractivity contribution >= 4 is 40.7 Å². The van der Waals surface area contributed by atoms with Gasteiger partial charge < -0.3 is 10.6 Å². The monoisotopic (exact) mass is 362 g/mol. The maximum absolute atomic E-state index is 11.8. The summed E-state index contributed by atoms with van der Waals surface area (Å²) < 4.78 is 0. The van der Waals surface area contributed by atoms with Gasteiger partial charge in [-0.3, -0.25) is 9.59 Å². The number of nitrogens with one attached hydrogen (secondary N) is 2. The number of rotatable bonds is 5. The molecule has 4 nitrogen and oxygen atoms in total. The van der Waals surface area contributed by atoms with Gasteiger partial charge in [-0.15, -0.1) is 0 Å². The van der Waals surface area contributed by atoms with Gasteiger partial charge in [-0.2, -0.15) is 0 Å². The molecule has 2 amide bonds. The summed E-state index contributed by atoms with van der Waals surface area (Å²) >= 11 is 11.7. The van der Waals surface area contributed by atoms with Crippen molar-refractivity contribution in [3.8, 4) is 0 Å². The van der Waals surface area contributed by atoms with Crippen LogP contribution in [0.2, 0.25) is 10.0 Å². The summed E-state index contributed by atoms with van der Waals surface area (Å²) in [5.74, 6) is -0.778. The van der Waals surface area contributed by atoms with Crippen LogP contribution in [-0.4, -0.2) is 11.8 Å². The van der Waals surface area contributed by atoms with Crippen molar-refractivity contribution in [3.63, 3.8) is 0 Å². The van der Waals surface area contributed by atoms with E-state index in [-0.39, 0.29) is 5.91 Å². The molecule has 2 N–H and O–H groups in total. The smallest absolute Gasteiger partial charge is 0.248 e. The maximum atomic E-state index is 11.8. The first kappa shape index (κ1) is 18.0. The van der Waals surface area contributed by atoms with Crippen molar-refractivity contribution in [2.24, 2.45) is 0 Å². The molecule has 0 heterocycles. The molecule has 0 bridgehead atoms. The Morgan fingerprint density at radius 3 is 2.46 bits per heavy atom. The highest BCUT2D eigenvalue weighted by Crippen LogP contribution is 2.24. The molecule has 0 radical (unpaired) electrons. The Bertz CT molecular complexity index is 788. The molecular weight excluding hydrogens is 347 g/mol. The number of amides is 2. The van der Waals surface area contributed by atoms with Crippen LogP contribution in [0.4, 0.5) is 5.69 Å². The Balaban J connectivity index is 1.84. The van der Waals surface area contributed by atoms with Gasteiger partial charge >= 0.3 is 0 Å². The van der Waals surface area contributed by atoms with Crippen LogP contribution in [0.25, 0.3) is 0 Å². The van der Waals surface area contributed by atoms with Gasteiger partial charge in [-0.1, -0.05) is 53.0 Å². The quantitative estimate of drug-likeness (QED) is 0.786. The van der Waals surface area contributed by atoms with E-state index in [2.05, 4.69) is 10.6 Å². The molecule has 6 heteroatoms. The zero-order valence-electron chi connectivity index (χ0n) is 13.0. The van der Waals surface area contributed by atoms with Gasteiger partial charge in [-0.25, -0.2) is 0 Å². The standard InChI is InChI=1S/C18H16Cl2N2O2/c1-12-3-2-4-13(9-12)11-21-17(23)7-8-18(24)22-14-5-6-15(19)16(20)10-14/h2-10H,11H2,1H3,(H,21,23)(H,22,24)/b8-7-. The van der Waals surface area contributed by atoms with Gasteiger partial charge in [0.2, 0.25) is 11.8 Å². The Kier molecular flexibility index (Phi) is 6.41. The number of halogens is 2. The number of anilines is 1. The number of carbonyl (C=O) groups excluding carboxylic acids is 2. The molecule has 0 saturated heterocycles. The van der Waals surface area contributed by atoms with E-state index in [0.717, 1.165) is 17.2 Å². The molecule has 2 aromatic carbocycles. The summed E-state index contributed by atoms with van der Waals surface area (Å²) in [6.45, 7) is 2.39. The number of hydrogen-bond acceptors (Lipinski definition) is 2. The summed E-state index contributed by atoms with van der Waals surface area (Å²) in [4.78, 5) is 23.5. The Labute approximate surface area is 150 Å². The average Bonchev–Trinajstić information content (AvgIpc) is 2.54. The molecule has 0 aliphatic rings. The van der Waals surface area contributed by atoms with Gasteiger partial charge in [0.1, 0.15) is 0 Å². The van der Waals surface area contributed by atoms with Gasteiger partial charge in [-0.05, 0) is 30.7 Å². The second-order valence-electron chi connectivity index (χ2n) is 5.16. The summed E-state index contributed by atoms with van der Waals surface area (Å²) in [6.07, 6.45) is 2.34. The second-order valence-corrected chi connectivity index (χ2v) is 5.97. The molecule has 2 rings (SSSR count). The average molecular weight is 363 g/mol. The molecule has 0 spiro atoms. The minimum Gasteiger partial charge on any atom is -0.348 e. The molecule has 0 aromatic heterocycles. The SMILES string of the molecule is Cc1cccc(CNC(=O)/C=C\C(=O)Nc2ccc(Cl)c(Cl)c2)c1. The minimum absolute atomic E-state index is 0.342. The fourth-order valence-corrected chi connectivity index (χ4v) is 2.28. The lowest BCUT2D eigenvalue weighted by atomic mass is 10.1. The van der Waals surface area contributed by atoms with Crippen LogP contribution in [0.15, 0.2) is 54.6 Å². The third kappa shape index (κ3) is 5.72. The van der Waals surface area contributed by atoms with Crippen LogP contribution in [0, 0.1) is 6.92 Å². The third-order valence-electron chi connectivity index (χ3n) is 3.12. The second kappa shape index (κ2) is 8.52. The highest BCUT2D eigenvalue weighted by molar-refractivity contribution is 6.42. The first-order valence-electron chi connectivity index (χ1n) is 7.21. The molecular formula is C18H16Cl2N2O2. The zero-order chi connectivity index (χ0) is 17.5. The Hall–Kier alpha value is -2.30. The van der Waals surface area contributed by atoms with Crippen LogP contribution in [-0.2, 0) is 16.1 Å². The number of hydrogen-bond donors (Lipinski definition) is 2. The molecule has 2 aromatic rings. The highest BCUT2D eigenvalue weighted by Gasteiger charge is 2.03. The molecule has 124 valence electrons. The lowest BCUT2D eigenvalue weighted by Gasteiger charge is -2.04. The minimum atomic E-state index is -0.431. The molecule has 0 atom stereocenters.